The number of rotatable bonds is 8. The minimum atomic E-state index is -0.148. The largest absolute Gasteiger partial charge is 0.504 e. The van der Waals surface area contributed by atoms with Gasteiger partial charge in [-0.15, -0.1) is 0 Å². The summed E-state index contributed by atoms with van der Waals surface area (Å²) in [5, 5.41) is 22.2. The van der Waals surface area contributed by atoms with Gasteiger partial charge in [0, 0.05) is 19.2 Å². The number of aromatic hydroxyl groups is 1. The summed E-state index contributed by atoms with van der Waals surface area (Å²) >= 11 is 0. The highest BCUT2D eigenvalue weighted by molar-refractivity contribution is 5.45. The van der Waals surface area contributed by atoms with Crippen LogP contribution in [0, 0.1) is 0 Å². The second-order valence-corrected chi connectivity index (χ2v) is 3.91. The van der Waals surface area contributed by atoms with E-state index in [1.165, 1.54) is 0 Å². The Bertz CT molecular complexity index is 357. The van der Waals surface area contributed by atoms with Gasteiger partial charge in [0.05, 0.1) is 25.9 Å². The molecule has 1 unspecified atom stereocenters. The minimum absolute atomic E-state index is 0.0141. The number of hydrogen-bond acceptors (Lipinski definition) is 5. The fourth-order valence-corrected chi connectivity index (χ4v) is 1.61. The number of aliphatic hydroxyl groups excluding tert-OH is 1. The molecule has 0 heterocycles. The van der Waals surface area contributed by atoms with Crippen LogP contribution >= 0.6 is 0 Å². The zero-order valence-electron chi connectivity index (χ0n) is 10.8. The molecule has 0 aliphatic carbocycles. The molecule has 1 aromatic carbocycles. The van der Waals surface area contributed by atoms with Gasteiger partial charge in [0.25, 0.3) is 0 Å². The van der Waals surface area contributed by atoms with E-state index < -0.39 is 0 Å². The third kappa shape index (κ3) is 4.18. The van der Waals surface area contributed by atoms with Gasteiger partial charge in [-0.05, 0) is 13.0 Å². The molecule has 1 rings (SSSR count). The normalized spacial score (nSPS) is 12.4. The van der Waals surface area contributed by atoms with Crippen LogP contribution in [0.15, 0.2) is 18.2 Å². The van der Waals surface area contributed by atoms with Crippen molar-refractivity contribution >= 4 is 0 Å². The molecule has 0 aliphatic rings. The van der Waals surface area contributed by atoms with Crippen molar-refractivity contribution in [3.8, 4) is 11.5 Å². The fourth-order valence-electron chi connectivity index (χ4n) is 1.61. The molecule has 18 heavy (non-hydrogen) atoms. The lowest BCUT2D eigenvalue weighted by atomic mass is 10.1. The second-order valence-electron chi connectivity index (χ2n) is 3.91. The molecule has 0 saturated heterocycles. The molecule has 1 atom stereocenters. The summed E-state index contributed by atoms with van der Waals surface area (Å²) in [7, 11) is 1.58. The Balaban J connectivity index is 2.63. The molecule has 5 nitrogen and oxygen atoms in total. The summed E-state index contributed by atoms with van der Waals surface area (Å²) in [4.78, 5) is 0. The number of para-hydroxylation sites is 1. The molecule has 0 saturated carbocycles. The summed E-state index contributed by atoms with van der Waals surface area (Å²) in [5.41, 5.74) is 0.732. The summed E-state index contributed by atoms with van der Waals surface area (Å²) in [6.45, 7) is 3.22. The Morgan fingerprint density at radius 2 is 2.17 bits per heavy atom. The lowest BCUT2D eigenvalue weighted by Gasteiger charge is -2.16. The average molecular weight is 255 g/mol. The van der Waals surface area contributed by atoms with Crippen molar-refractivity contribution in [1.82, 2.24) is 5.32 Å². The quantitative estimate of drug-likeness (QED) is 0.643. The molecular weight excluding hydrogens is 234 g/mol. The maximum absolute atomic E-state index is 9.98. The summed E-state index contributed by atoms with van der Waals surface area (Å²) in [5.74, 6) is 0.616. The molecule has 5 heteroatoms. The Kier molecular flexibility index (Phi) is 6.49. The summed E-state index contributed by atoms with van der Waals surface area (Å²) in [6, 6.07) is 5.21. The molecule has 0 bridgehead atoms. The SMILES string of the molecule is CCOc1cccc(CNC(CO)COC)c1O. The topological polar surface area (TPSA) is 71.0 Å². The van der Waals surface area contributed by atoms with Crippen LogP contribution in [-0.2, 0) is 11.3 Å². The number of methoxy groups -OCH3 is 1. The fraction of sp³-hybridized carbons (Fsp3) is 0.538. The molecular formula is C13H21NO4. The number of nitrogens with one attached hydrogen (secondary N) is 1. The average Bonchev–Trinajstić information content (AvgIpc) is 2.38. The first-order chi connectivity index (χ1) is 8.72. The zero-order valence-corrected chi connectivity index (χ0v) is 10.8. The van der Waals surface area contributed by atoms with E-state index in [0.29, 0.717) is 25.5 Å². The van der Waals surface area contributed by atoms with Crippen molar-refractivity contribution in [2.45, 2.75) is 19.5 Å². The second kappa shape index (κ2) is 7.92. The van der Waals surface area contributed by atoms with Gasteiger partial charge in [-0.2, -0.15) is 0 Å². The third-order valence-electron chi connectivity index (χ3n) is 2.55. The van der Waals surface area contributed by atoms with Gasteiger partial charge in [0.2, 0.25) is 0 Å². The number of aliphatic hydroxyl groups is 1. The van der Waals surface area contributed by atoms with Gasteiger partial charge in [-0.25, -0.2) is 0 Å². The smallest absolute Gasteiger partial charge is 0.162 e. The lowest BCUT2D eigenvalue weighted by molar-refractivity contribution is 0.128. The molecule has 102 valence electrons. The number of benzene rings is 1. The van der Waals surface area contributed by atoms with E-state index in [4.69, 9.17) is 14.6 Å². The van der Waals surface area contributed by atoms with Crippen molar-refractivity contribution in [2.75, 3.05) is 26.9 Å². The first kappa shape index (κ1) is 14.8. The van der Waals surface area contributed by atoms with Crippen LogP contribution in [0.4, 0.5) is 0 Å². The van der Waals surface area contributed by atoms with E-state index in [9.17, 15) is 5.11 Å². The first-order valence-electron chi connectivity index (χ1n) is 5.99. The van der Waals surface area contributed by atoms with Gasteiger partial charge in [0.1, 0.15) is 0 Å². The number of hydrogen-bond donors (Lipinski definition) is 3. The van der Waals surface area contributed by atoms with Gasteiger partial charge in [-0.1, -0.05) is 12.1 Å². The lowest BCUT2D eigenvalue weighted by Crippen LogP contribution is -2.35. The molecule has 3 N–H and O–H groups in total. The van der Waals surface area contributed by atoms with E-state index in [1.807, 2.05) is 19.1 Å². The number of phenolic OH excluding ortho intramolecular Hbond substituents is 1. The highest BCUT2D eigenvalue weighted by atomic mass is 16.5. The molecule has 0 spiro atoms. The van der Waals surface area contributed by atoms with E-state index >= 15 is 0 Å². The Hall–Kier alpha value is -1.30. The molecule has 0 radical (unpaired) electrons. The van der Waals surface area contributed by atoms with Gasteiger partial charge in [-0.3, -0.25) is 0 Å². The van der Waals surface area contributed by atoms with Crippen LogP contribution in [0.25, 0.3) is 0 Å². The summed E-state index contributed by atoms with van der Waals surface area (Å²) < 4.78 is 10.3. The van der Waals surface area contributed by atoms with Crippen LogP contribution in [0.1, 0.15) is 12.5 Å². The highest BCUT2D eigenvalue weighted by Gasteiger charge is 2.10. The molecule has 0 fully saturated rings. The third-order valence-corrected chi connectivity index (χ3v) is 2.55. The van der Waals surface area contributed by atoms with Gasteiger partial charge < -0.3 is 25.0 Å². The van der Waals surface area contributed by atoms with Gasteiger partial charge in [0.15, 0.2) is 11.5 Å². The zero-order chi connectivity index (χ0) is 13.4. The number of phenols is 1. The van der Waals surface area contributed by atoms with Crippen molar-refractivity contribution in [3.63, 3.8) is 0 Å². The Labute approximate surface area is 107 Å². The van der Waals surface area contributed by atoms with E-state index in [2.05, 4.69) is 5.32 Å². The number of ether oxygens (including phenoxy) is 2. The molecule has 0 aromatic heterocycles. The van der Waals surface area contributed by atoms with Crippen LogP contribution in [-0.4, -0.2) is 43.2 Å². The summed E-state index contributed by atoms with van der Waals surface area (Å²) in [6.07, 6.45) is 0. The Morgan fingerprint density at radius 1 is 1.39 bits per heavy atom. The van der Waals surface area contributed by atoms with Crippen LogP contribution in [0.2, 0.25) is 0 Å². The minimum Gasteiger partial charge on any atom is -0.504 e. The standard InChI is InChI=1S/C13H21NO4/c1-3-18-12-6-4-5-10(13(12)16)7-14-11(8-15)9-17-2/h4-6,11,14-16H,3,7-9H2,1-2H3. The highest BCUT2D eigenvalue weighted by Crippen LogP contribution is 2.29. The van der Waals surface area contributed by atoms with Crippen molar-refractivity contribution in [3.05, 3.63) is 23.8 Å². The van der Waals surface area contributed by atoms with Crippen LogP contribution in [0.3, 0.4) is 0 Å². The van der Waals surface area contributed by atoms with Crippen LogP contribution in [0.5, 0.6) is 11.5 Å². The van der Waals surface area contributed by atoms with E-state index in [1.54, 1.807) is 13.2 Å². The monoisotopic (exact) mass is 255 g/mol. The van der Waals surface area contributed by atoms with Crippen molar-refractivity contribution < 1.29 is 19.7 Å². The maximum Gasteiger partial charge on any atom is 0.162 e. The first-order valence-corrected chi connectivity index (χ1v) is 5.99. The predicted molar refractivity (Wildman–Crippen MR) is 68.9 cm³/mol. The molecule has 0 aliphatic heterocycles. The van der Waals surface area contributed by atoms with E-state index in [-0.39, 0.29) is 18.4 Å². The van der Waals surface area contributed by atoms with Crippen LogP contribution < -0.4 is 10.1 Å². The molecule has 1 aromatic rings. The van der Waals surface area contributed by atoms with E-state index in [0.717, 1.165) is 5.56 Å². The maximum atomic E-state index is 9.98. The molecule has 0 amide bonds. The Morgan fingerprint density at radius 3 is 2.78 bits per heavy atom. The van der Waals surface area contributed by atoms with Crippen molar-refractivity contribution in [2.24, 2.45) is 0 Å². The van der Waals surface area contributed by atoms with Gasteiger partial charge >= 0.3 is 0 Å². The predicted octanol–water partition coefficient (Wildman–Crippen LogP) is 0.888. The van der Waals surface area contributed by atoms with Crippen molar-refractivity contribution in [1.29, 1.82) is 0 Å².